The van der Waals surface area contributed by atoms with E-state index in [-0.39, 0.29) is 16.6 Å². The van der Waals surface area contributed by atoms with Crippen molar-refractivity contribution < 1.29 is 10.0 Å². The van der Waals surface area contributed by atoms with E-state index < -0.39 is 11.0 Å². The van der Waals surface area contributed by atoms with Crippen LogP contribution in [0.15, 0.2) is 12.1 Å². The molecule has 0 saturated heterocycles. The summed E-state index contributed by atoms with van der Waals surface area (Å²) in [6.07, 6.45) is 0.253. The zero-order chi connectivity index (χ0) is 13.2. The Morgan fingerprint density at radius 2 is 2.12 bits per heavy atom. The largest absolute Gasteiger partial charge is 0.393 e. The molecular formula is C12H16ClNO3. The van der Waals surface area contributed by atoms with Gasteiger partial charge in [0.05, 0.1) is 11.0 Å². The Labute approximate surface area is 105 Å². The average molecular weight is 258 g/mol. The highest BCUT2D eigenvalue weighted by Crippen LogP contribution is 2.34. The third-order valence-electron chi connectivity index (χ3n) is 2.95. The van der Waals surface area contributed by atoms with Crippen molar-refractivity contribution in [3.05, 3.63) is 38.4 Å². The summed E-state index contributed by atoms with van der Waals surface area (Å²) >= 11 is 5.88. The Bertz CT molecular complexity index is 432. The molecule has 0 fully saturated rings. The van der Waals surface area contributed by atoms with E-state index in [1.54, 1.807) is 19.9 Å². The lowest BCUT2D eigenvalue weighted by Gasteiger charge is -2.20. The van der Waals surface area contributed by atoms with Gasteiger partial charge in [-0.25, -0.2) is 0 Å². The van der Waals surface area contributed by atoms with Crippen LogP contribution in [-0.2, 0) is 0 Å². The summed E-state index contributed by atoms with van der Waals surface area (Å²) in [5, 5.41) is 20.5. The molecule has 0 aliphatic rings. The third kappa shape index (κ3) is 2.96. The van der Waals surface area contributed by atoms with Crippen LogP contribution >= 0.6 is 11.6 Å². The second kappa shape index (κ2) is 5.47. The van der Waals surface area contributed by atoms with Gasteiger partial charge in [0.25, 0.3) is 5.69 Å². The first-order valence-corrected chi connectivity index (χ1v) is 5.88. The van der Waals surface area contributed by atoms with Crippen molar-refractivity contribution in [1.82, 2.24) is 0 Å². The predicted octanol–water partition coefficient (Wildman–Crippen LogP) is 3.43. The van der Waals surface area contributed by atoms with Crippen LogP contribution < -0.4 is 0 Å². The Morgan fingerprint density at radius 1 is 1.53 bits per heavy atom. The van der Waals surface area contributed by atoms with Gasteiger partial charge < -0.3 is 5.11 Å². The normalized spacial score (nSPS) is 14.4. The topological polar surface area (TPSA) is 63.4 Å². The van der Waals surface area contributed by atoms with E-state index in [0.717, 1.165) is 17.5 Å². The Kier molecular flexibility index (Phi) is 4.48. The van der Waals surface area contributed by atoms with Gasteiger partial charge in [0, 0.05) is 12.0 Å². The molecule has 1 N–H and O–H groups in total. The van der Waals surface area contributed by atoms with Crippen molar-refractivity contribution in [2.24, 2.45) is 0 Å². The highest BCUT2D eigenvalue weighted by Gasteiger charge is 2.22. The van der Waals surface area contributed by atoms with E-state index in [4.69, 9.17) is 11.6 Å². The molecule has 2 atom stereocenters. The zero-order valence-electron chi connectivity index (χ0n) is 10.1. The summed E-state index contributed by atoms with van der Waals surface area (Å²) in [5.74, 6) is -0.0479. The maximum atomic E-state index is 10.7. The summed E-state index contributed by atoms with van der Waals surface area (Å²) in [7, 11) is 0. The molecule has 0 amide bonds. The van der Waals surface area contributed by atoms with Crippen molar-refractivity contribution in [1.29, 1.82) is 0 Å². The molecule has 0 radical (unpaired) electrons. The first-order chi connectivity index (χ1) is 7.88. The summed E-state index contributed by atoms with van der Waals surface area (Å²) in [5.41, 5.74) is 1.57. The maximum absolute atomic E-state index is 10.7. The van der Waals surface area contributed by atoms with Gasteiger partial charge in [0.2, 0.25) is 0 Å². The molecule has 94 valence electrons. The van der Waals surface area contributed by atoms with Gasteiger partial charge in [-0.2, -0.15) is 0 Å². The molecule has 4 nitrogen and oxygen atoms in total. The SMILES string of the molecule is CCC(c1cc(Cl)c([N+](=O)[O-])cc1C)C(C)O. The first kappa shape index (κ1) is 13.9. The fraction of sp³-hybridized carbons (Fsp3) is 0.500. The standard InChI is InChI=1S/C12H16ClNO3/c1-4-9(8(3)15)10-6-11(13)12(14(16)17)5-7(10)2/h5-6,8-9,15H,4H2,1-3H3. The van der Waals surface area contributed by atoms with Gasteiger partial charge in [-0.3, -0.25) is 10.1 Å². The van der Waals surface area contributed by atoms with Gasteiger partial charge in [-0.05, 0) is 37.5 Å². The van der Waals surface area contributed by atoms with Crippen LogP contribution in [0.2, 0.25) is 5.02 Å². The van der Waals surface area contributed by atoms with Crippen LogP contribution in [0.1, 0.15) is 37.3 Å². The lowest BCUT2D eigenvalue weighted by Crippen LogP contribution is -2.15. The highest BCUT2D eigenvalue weighted by molar-refractivity contribution is 6.32. The van der Waals surface area contributed by atoms with Crippen molar-refractivity contribution in [2.75, 3.05) is 0 Å². The minimum Gasteiger partial charge on any atom is -0.393 e. The number of aliphatic hydroxyl groups is 1. The Hall–Kier alpha value is -1.13. The summed E-state index contributed by atoms with van der Waals surface area (Å²) in [6.45, 7) is 5.47. The molecule has 1 aromatic carbocycles. The zero-order valence-corrected chi connectivity index (χ0v) is 10.9. The molecular weight excluding hydrogens is 242 g/mol. The minimum absolute atomic E-state index is 0.0479. The van der Waals surface area contributed by atoms with Crippen LogP contribution in [-0.4, -0.2) is 16.1 Å². The van der Waals surface area contributed by atoms with E-state index in [2.05, 4.69) is 0 Å². The number of hydrogen-bond donors (Lipinski definition) is 1. The number of nitrogens with zero attached hydrogens (tertiary/aromatic N) is 1. The molecule has 1 rings (SSSR count). The smallest absolute Gasteiger partial charge is 0.288 e. The minimum atomic E-state index is -0.503. The molecule has 5 heteroatoms. The lowest BCUT2D eigenvalue weighted by atomic mass is 9.88. The molecule has 0 saturated carbocycles. The van der Waals surface area contributed by atoms with Crippen molar-refractivity contribution in [3.63, 3.8) is 0 Å². The predicted molar refractivity (Wildman–Crippen MR) is 67.6 cm³/mol. The molecule has 0 aliphatic carbocycles. The van der Waals surface area contributed by atoms with Crippen LogP contribution in [0.3, 0.4) is 0 Å². The van der Waals surface area contributed by atoms with E-state index >= 15 is 0 Å². The number of aliphatic hydroxyl groups excluding tert-OH is 1. The van der Waals surface area contributed by atoms with Gasteiger partial charge in [-0.15, -0.1) is 0 Å². The van der Waals surface area contributed by atoms with Crippen LogP contribution in [0, 0.1) is 17.0 Å². The highest BCUT2D eigenvalue weighted by atomic mass is 35.5. The number of aryl methyl sites for hydroxylation is 1. The van der Waals surface area contributed by atoms with Crippen molar-refractivity contribution in [2.45, 2.75) is 39.2 Å². The summed E-state index contributed by atoms with van der Waals surface area (Å²) < 4.78 is 0. The Balaban J connectivity index is 3.28. The maximum Gasteiger partial charge on any atom is 0.288 e. The number of hydrogen-bond acceptors (Lipinski definition) is 3. The van der Waals surface area contributed by atoms with Crippen LogP contribution in [0.5, 0.6) is 0 Å². The summed E-state index contributed by atoms with van der Waals surface area (Å²) in [4.78, 5) is 10.2. The number of rotatable bonds is 4. The molecule has 0 spiro atoms. The number of benzene rings is 1. The lowest BCUT2D eigenvalue weighted by molar-refractivity contribution is -0.384. The van der Waals surface area contributed by atoms with E-state index in [1.165, 1.54) is 6.07 Å². The van der Waals surface area contributed by atoms with Gasteiger partial charge in [0.15, 0.2) is 0 Å². The van der Waals surface area contributed by atoms with E-state index in [0.29, 0.717) is 0 Å². The van der Waals surface area contributed by atoms with Gasteiger partial charge >= 0.3 is 0 Å². The number of nitro benzene ring substituents is 1. The van der Waals surface area contributed by atoms with Crippen molar-refractivity contribution >= 4 is 17.3 Å². The van der Waals surface area contributed by atoms with Gasteiger partial charge in [0.1, 0.15) is 5.02 Å². The monoisotopic (exact) mass is 257 g/mol. The summed E-state index contributed by atoms with van der Waals surface area (Å²) in [6, 6.07) is 3.05. The molecule has 17 heavy (non-hydrogen) atoms. The second-order valence-corrected chi connectivity index (χ2v) is 4.58. The fourth-order valence-electron chi connectivity index (χ4n) is 2.04. The third-order valence-corrected chi connectivity index (χ3v) is 3.26. The quantitative estimate of drug-likeness (QED) is 0.664. The van der Waals surface area contributed by atoms with E-state index in [1.807, 2.05) is 6.92 Å². The second-order valence-electron chi connectivity index (χ2n) is 4.17. The molecule has 0 aliphatic heterocycles. The van der Waals surface area contributed by atoms with Crippen LogP contribution in [0.4, 0.5) is 5.69 Å². The molecule has 2 unspecified atom stereocenters. The Morgan fingerprint density at radius 3 is 2.53 bits per heavy atom. The average Bonchev–Trinajstić information content (AvgIpc) is 2.22. The van der Waals surface area contributed by atoms with Crippen LogP contribution in [0.25, 0.3) is 0 Å². The fourth-order valence-corrected chi connectivity index (χ4v) is 2.28. The first-order valence-electron chi connectivity index (χ1n) is 5.51. The van der Waals surface area contributed by atoms with Gasteiger partial charge in [-0.1, -0.05) is 18.5 Å². The molecule has 1 aromatic rings. The van der Waals surface area contributed by atoms with E-state index in [9.17, 15) is 15.2 Å². The van der Waals surface area contributed by atoms with Crippen molar-refractivity contribution in [3.8, 4) is 0 Å². The molecule has 0 bridgehead atoms. The molecule has 0 aromatic heterocycles. The number of nitro groups is 1. The number of halogens is 1. The molecule has 0 heterocycles.